The summed E-state index contributed by atoms with van der Waals surface area (Å²) in [6.07, 6.45) is 3.34. The van der Waals surface area contributed by atoms with E-state index in [1.807, 2.05) is 0 Å². The lowest BCUT2D eigenvalue weighted by Gasteiger charge is -2.13. The molecule has 0 fully saturated rings. The summed E-state index contributed by atoms with van der Waals surface area (Å²) < 4.78 is 20.8. The first kappa shape index (κ1) is 20.1. The monoisotopic (exact) mass is 419 g/mol. The highest BCUT2D eigenvalue weighted by Crippen LogP contribution is 2.25. The van der Waals surface area contributed by atoms with Crippen LogP contribution in [0.3, 0.4) is 0 Å². The molecule has 4 rings (SSSR count). The SMILES string of the molecule is Cc1nc(C(=O)Nc2c(C)nc(Oc3ccccc3F)nc2C)cc(-n2cccn2)n1. The van der Waals surface area contributed by atoms with Crippen molar-refractivity contribution in [1.29, 1.82) is 0 Å². The molecule has 0 aliphatic carbocycles. The summed E-state index contributed by atoms with van der Waals surface area (Å²) in [5, 5.41) is 6.91. The molecule has 0 aliphatic rings. The fourth-order valence-corrected chi connectivity index (χ4v) is 2.91. The van der Waals surface area contributed by atoms with E-state index >= 15 is 0 Å². The average molecular weight is 419 g/mol. The largest absolute Gasteiger partial charge is 0.421 e. The Bertz CT molecular complexity index is 1240. The number of carbonyl (C=O) groups excluding carboxylic acids is 1. The molecule has 0 radical (unpaired) electrons. The van der Waals surface area contributed by atoms with Gasteiger partial charge in [0.1, 0.15) is 11.5 Å². The first-order valence-electron chi connectivity index (χ1n) is 9.35. The zero-order chi connectivity index (χ0) is 22.0. The number of halogens is 1. The van der Waals surface area contributed by atoms with Gasteiger partial charge in [-0.2, -0.15) is 15.1 Å². The van der Waals surface area contributed by atoms with Crippen LogP contribution in [-0.2, 0) is 0 Å². The molecule has 1 N–H and O–H groups in total. The van der Waals surface area contributed by atoms with E-state index in [0.29, 0.717) is 28.7 Å². The number of rotatable bonds is 5. The lowest BCUT2D eigenvalue weighted by Crippen LogP contribution is -2.18. The first-order chi connectivity index (χ1) is 14.9. The zero-order valence-corrected chi connectivity index (χ0v) is 17.0. The molecule has 156 valence electrons. The third-order valence-electron chi connectivity index (χ3n) is 4.32. The van der Waals surface area contributed by atoms with Crippen molar-refractivity contribution in [2.45, 2.75) is 20.8 Å². The fraction of sp³-hybridized carbons (Fsp3) is 0.143. The summed E-state index contributed by atoms with van der Waals surface area (Å²) in [4.78, 5) is 29.8. The van der Waals surface area contributed by atoms with E-state index in [0.717, 1.165) is 0 Å². The van der Waals surface area contributed by atoms with Crippen molar-refractivity contribution >= 4 is 11.6 Å². The van der Waals surface area contributed by atoms with Crippen LogP contribution in [0.25, 0.3) is 5.82 Å². The topological polar surface area (TPSA) is 108 Å². The third kappa shape index (κ3) is 4.37. The van der Waals surface area contributed by atoms with Gasteiger partial charge in [-0.1, -0.05) is 12.1 Å². The van der Waals surface area contributed by atoms with Crippen LogP contribution in [0, 0.1) is 26.6 Å². The predicted octanol–water partition coefficient (Wildman–Crippen LogP) is 3.56. The van der Waals surface area contributed by atoms with E-state index in [4.69, 9.17) is 4.74 Å². The van der Waals surface area contributed by atoms with Gasteiger partial charge >= 0.3 is 6.01 Å². The van der Waals surface area contributed by atoms with Gasteiger partial charge in [0.05, 0.1) is 17.1 Å². The Hall–Kier alpha value is -4.21. The molecule has 10 heteroatoms. The normalized spacial score (nSPS) is 10.7. The van der Waals surface area contributed by atoms with E-state index in [1.165, 1.54) is 18.2 Å². The summed E-state index contributed by atoms with van der Waals surface area (Å²) in [6.45, 7) is 5.08. The highest BCUT2D eigenvalue weighted by molar-refractivity contribution is 6.03. The van der Waals surface area contributed by atoms with E-state index in [1.54, 1.807) is 56.0 Å². The molecule has 0 saturated carbocycles. The summed E-state index contributed by atoms with van der Waals surface area (Å²) in [6, 6.07) is 9.25. The standard InChI is InChI=1S/C21H18FN7O2/c1-12-19(13(2)25-21(24-12)31-17-8-5-4-7-15(17)22)28-20(30)16-11-18(27-14(3)26-16)29-10-6-9-23-29/h4-11H,1-3H3,(H,28,30). The first-order valence-corrected chi connectivity index (χ1v) is 9.35. The van der Waals surface area contributed by atoms with Gasteiger partial charge in [-0.25, -0.2) is 19.0 Å². The van der Waals surface area contributed by atoms with Crippen LogP contribution in [0.15, 0.2) is 48.8 Å². The molecule has 0 unspecified atom stereocenters. The van der Waals surface area contributed by atoms with Gasteiger partial charge in [-0.15, -0.1) is 0 Å². The molecule has 0 saturated heterocycles. The molecule has 0 aliphatic heterocycles. The minimum Gasteiger partial charge on any atom is -0.421 e. The van der Waals surface area contributed by atoms with Crippen LogP contribution in [0.2, 0.25) is 0 Å². The summed E-state index contributed by atoms with van der Waals surface area (Å²) in [7, 11) is 0. The number of nitrogens with one attached hydrogen (secondary N) is 1. The molecular weight excluding hydrogens is 401 g/mol. The van der Waals surface area contributed by atoms with Crippen molar-refractivity contribution in [2.24, 2.45) is 0 Å². The zero-order valence-electron chi connectivity index (χ0n) is 17.0. The molecule has 0 bridgehead atoms. The molecule has 9 nitrogen and oxygen atoms in total. The summed E-state index contributed by atoms with van der Waals surface area (Å²) >= 11 is 0. The minimum absolute atomic E-state index is 0.0145. The third-order valence-corrected chi connectivity index (χ3v) is 4.32. The van der Waals surface area contributed by atoms with Crippen molar-refractivity contribution in [3.63, 3.8) is 0 Å². The minimum atomic E-state index is -0.522. The van der Waals surface area contributed by atoms with Gasteiger partial charge in [0, 0.05) is 18.5 Å². The van der Waals surface area contributed by atoms with Crippen molar-refractivity contribution in [1.82, 2.24) is 29.7 Å². The maximum absolute atomic E-state index is 13.8. The van der Waals surface area contributed by atoms with Gasteiger partial charge in [0.25, 0.3) is 5.91 Å². The quantitative estimate of drug-likeness (QED) is 0.527. The number of aromatic nitrogens is 6. The van der Waals surface area contributed by atoms with Crippen molar-refractivity contribution < 1.29 is 13.9 Å². The maximum atomic E-state index is 13.8. The van der Waals surface area contributed by atoms with Crippen LogP contribution in [0.1, 0.15) is 27.7 Å². The Morgan fingerprint density at radius 1 is 1.03 bits per heavy atom. The number of nitrogens with zero attached hydrogens (tertiary/aromatic N) is 6. The van der Waals surface area contributed by atoms with Crippen LogP contribution >= 0.6 is 0 Å². The van der Waals surface area contributed by atoms with Crippen LogP contribution in [-0.4, -0.2) is 35.6 Å². The lowest BCUT2D eigenvalue weighted by molar-refractivity contribution is 0.102. The maximum Gasteiger partial charge on any atom is 0.322 e. The van der Waals surface area contributed by atoms with Crippen molar-refractivity contribution in [3.8, 4) is 17.6 Å². The summed E-state index contributed by atoms with van der Waals surface area (Å²) in [5.41, 5.74) is 1.52. The molecule has 3 aromatic heterocycles. The van der Waals surface area contributed by atoms with E-state index in [-0.39, 0.29) is 17.5 Å². The predicted molar refractivity (Wildman–Crippen MR) is 110 cm³/mol. The number of benzene rings is 1. The Labute approximate surface area is 177 Å². The number of hydrogen-bond acceptors (Lipinski definition) is 7. The van der Waals surface area contributed by atoms with E-state index in [2.05, 4.69) is 30.4 Å². The average Bonchev–Trinajstić information content (AvgIpc) is 3.27. The van der Waals surface area contributed by atoms with Gasteiger partial charge in [-0.3, -0.25) is 4.79 Å². The Morgan fingerprint density at radius 3 is 2.45 bits per heavy atom. The fourth-order valence-electron chi connectivity index (χ4n) is 2.91. The number of aryl methyl sites for hydroxylation is 3. The molecule has 1 amide bonds. The number of anilines is 1. The summed E-state index contributed by atoms with van der Waals surface area (Å²) in [5.74, 6) is -0.0551. The number of ether oxygens (including phenoxy) is 1. The Morgan fingerprint density at radius 2 is 1.77 bits per heavy atom. The van der Waals surface area contributed by atoms with Gasteiger partial charge in [-0.05, 0) is 39.0 Å². The molecular formula is C21H18FN7O2. The van der Waals surface area contributed by atoms with Crippen LogP contribution in [0.5, 0.6) is 11.8 Å². The highest BCUT2D eigenvalue weighted by atomic mass is 19.1. The van der Waals surface area contributed by atoms with E-state index in [9.17, 15) is 9.18 Å². The van der Waals surface area contributed by atoms with Crippen LogP contribution < -0.4 is 10.1 Å². The molecule has 1 aromatic carbocycles. The second kappa shape index (κ2) is 8.27. The van der Waals surface area contributed by atoms with Crippen molar-refractivity contribution in [3.05, 3.63) is 77.5 Å². The van der Waals surface area contributed by atoms with Gasteiger partial charge in [0.15, 0.2) is 17.4 Å². The second-order valence-corrected chi connectivity index (χ2v) is 6.65. The molecule has 3 heterocycles. The molecule has 31 heavy (non-hydrogen) atoms. The molecule has 0 atom stereocenters. The number of carbonyl (C=O) groups is 1. The van der Waals surface area contributed by atoms with E-state index < -0.39 is 11.7 Å². The number of para-hydroxylation sites is 1. The smallest absolute Gasteiger partial charge is 0.322 e. The van der Waals surface area contributed by atoms with Crippen molar-refractivity contribution in [2.75, 3.05) is 5.32 Å². The molecule has 0 spiro atoms. The second-order valence-electron chi connectivity index (χ2n) is 6.65. The Balaban J connectivity index is 1.58. The van der Waals surface area contributed by atoms with Crippen LogP contribution in [0.4, 0.5) is 10.1 Å². The molecule has 4 aromatic rings. The Kier molecular flexibility index (Phi) is 5.35. The number of hydrogen-bond donors (Lipinski definition) is 1. The number of amides is 1. The van der Waals surface area contributed by atoms with Gasteiger partial charge < -0.3 is 10.1 Å². The lowest BCUT2D eigenvalue weighted by atomic mass is 10.2. The highest BCUT2D eigenvalue weighted by Gasteiger charge is 2.17. The van der Waals surface area contributed by atoms with Gasteiger partial charge in [0.2, 0.25) is 0 Å².